The summed E-state index contributed by atoms with van der Waals surface area (Å²) in [6, 6.07) is 9.17. The summed E-state index contributed by atoms with van der Waals surface area (Å²) in [5, 5.41) is 0. The van der Waals surface area contributed by atoms with Crippen molar-refractivity contribution in [1.82, 2.24) is 4.90 Å². The van der Waals surface area contributed by atoms with E-state index in [1.54, 1.807) is 12.1 Å². The second-order valence-electron chi connectivity index (χ2n) is 5.43. The van der Waals surface area contributed by atoms with E-state index < -0.39 is 0 Å². The van der Waals surface area contributed by atoms with E-state index in [4.69, 9.17) is 4.74 Å². The molecule has 0 aliphatic rings. The molecule has 0 saturated heterocycles. The van der Waals surface area contributed by atoms with Crippen LogP contribution >= 0.6 is 0 Å². The first-order valence-electron chi connectivity index (χ1n) is 7.57. The number of rotatable bonds is 10. The SMILES string of the molecule is CN(C)CCCCCCCCOC(=O)c1ccccc1. The predicted molar refractivity (Wildman–Crippen MR) is 83.0 cm³/mol. The van der Waals surface area contributed by atoms with Crippen LogP contribution in [-0.2, 0) is 4.74 Å². The third-order valence-corrected chi connectivity index (χ3v) is 3.24. The molecule has 1 aromatic carbocycles. The second kappa shape index (κ2) is 10.4. The molecule has 0 amide bonds. The van der Waals surface area contributed by atoms with Crippen molar-refractivity contribution >= 4 is 5.97 Å². The number of carbonyl (C=O) groups is 1. The van der Waals surface area contributed by atoms with Crippen LogP contribution in [0.2, 0.25) is 0 Å². The monoisotopic (exact) mass is 277 g/mol. The highest BCUT2D eigenvalue weighted by Crippen LogP contribution is 2.07. The highest BCUT2D eigenvalue weighted by atomic mass is 16.5. The van der Waals surface area contributed by atoms with Crippen LogP contribution in [0.4, 0.5) is 0 Å². The van der Waals surface area contributed by atoms with Gasteiger partial charge in [-0.1, -0.05) is 43.9 Å². The van der Waals surface area contributed by atoms with Crippen LogP contribution in [0.1, 0.15) is 48.9 Å². The molecule has 1 rings (SSSR count). The zero-order valence-corrected chi connectivity index (χ0v) is 12.8. The third kappa shape index (κ3) is 7.95. The molecule has 0 aliphatic carbocycles. The first-order valence-corrected chi connectivity index (χ1v) is 7.57. The molecule has 0 heterocycles. The Labute approximate surface area is 122 Å². The van der Waals surface area contributed by atoms with Gasteiger partial charge in [0.05, 0.1) is 12.2 Å². The van der Waals surface area contributed by atoms with Crippen LogP contribution < -0.4 is 0 Å². The molecule has 0 aromatic heterocycles. The van der Waals surface area contributed by atoms with Crippen molar-refractivity contribution in [2.75, 3.05) is 27.2 Å². The van der Waals surface area contributed by atoms with Crippen molar-refractivity contribution in [3.63, 3.8) is 0 Å². The number of carbonyl (C=O) groups excluding carboxylic acids is 1. The maximum absolute atomic E-state index is 11.7. The molecule has 1 aromatic rings. The van der Waals surface area contributed by atoms with Gasteiger partial charge in [0.15, 0.2) is 0 Å². The van der Waals surface area contributed by atoms with Crippen LogP contribution in [0.15, 0.2) is 30.3 Å². The lowest BCUT2D eigenvalue weighted by Crippen LogP contribution is -2.12. The van der Waals surface area contributed by atoms with E-state index in [1.807, 2.05) is 18.2 Å². The van der Waals surface area contributed by atoms with Gasteiger partial charge in [0.1, 0.15) is 0 Å². The van der Waals surface area contributed by atoms with Crippen molar-refractivity contribution < 1.29 is 9.53 Å². The zero-order chi connectivity index (χ0) is 14.6. The van der Waals surface area contributed by atoms with Crippen LogP contribution in [0, 0.1) is 0 Å². The van der Waals surface area contributed by atoms with Crippen molar-refractivity contribution in [2.24, 2.45) is 0 Å². The summed E-state index contributed by atoms with van der Waals surface area (Å²) in [4.78, 5) is 13.9. The van der Waals surface area contributed by atoms with Crippen molar-refractivity contribution in [2.45, 2.75) is 38.5 Å². The maximum atomic E-state index is 11.7. The normalized spacial score (nSPS) is 10.8. The Morgan fingerprint density at radius 1 is 0.950 bits per heavy atom. The lowest BCUT2D eigenvalue weighted by Gasteiger charge is -2.08. The minimum Gasteiger partial charge on any atom is -0.462 e. The Hall–Kier alpha value is -1.35. The molecule has 0 spiro atoms. The third-order valence-electron chi connectivity index (χ3n) is 3.24. The highest BCUT2D eigenvalue weighted by Gasteiger charge is 2.04. The predicted octanol–water partition coefficient (Wildman–Crippen LogP) is 3.75. The number of hydrogen-bond acceptors (Lipinski definition) is 3. The molecule has 0 saturated carbocycles. The van der Waals surface area contributed by atoms with Crippen LogP contribution in [-0.4, -0.2) is 38.1 Å². The van der Waals surface area contributed by atoms with Gasteiger partial charge in [-0.15, -0.1) is 0 Å². The molecule has 20 heavy (non-hydrogen) atoms. The molecule has 0 atom stereocenters. The summed E-state index contributed by atoms with van der Waals surface area (Å²) in [5.74, 6) is -0.211. The molecule has 0 bridgehead atoms. The number of unbranched alkanes of at least 4 members (excludes halogenated alkanes) is 5. The van der Waals surface area contributed by atoms with Crippen molar-refractivity contribution in [3.8, 4) is 0 Å². The minimum absolute atomic E-state index is 0.211. The molecule has 0 fully saturated rings. The molecule has 112 valence electrons. The topological polar surface area (TPSA) is 29.5 Å². The molecule has 0 N–H and O–H groups in total. The molecule has 3 heteroatoms. The van der Waals surface area contributed by atoms with E-state index in [0.717, 1.165) is 12.8 Å². The van der Waals surface area contributed by atoms with Gasteiger partial charge in [-0.3, -0.25) is 0 Å². The minimum atomic E-state index is -0.211. The van der Waals surface area contributed by atoms with E-state index in [1.165, 1.54) is 32.2 Å². The molecular formula is C17H27NO2. The van der Waals surface area contributed by atoms with Gasteiger partial charge in [-0.2, -0.15) is 0 Å². The van der Waals surface area contributed by atoms with Gasteiger partial charge in [0, 0.05) is 0 Å². The Morgan fingerprint density at radius 3 is 2.20 bits per heavy atom. The van der Waals surface area contributed by atoms with Crippen LogP contribution in [0.5, 0.6) is 0 Å². The Balaban J connectivity index is 1.94. The summed E-state index contributed by atoms with van der Waals surface area (Å²) < 4.78 is 5.24. The molecule has 0 radical (unpaired) electrons. The van der Waals surface area contributed by atoms with Gasteiger partial charge in [-0.05, 0) is 45.6 Å². The fourth-order valence-electron chi connectivity index (χ4n) is 2.06. The lowest BCUT2D eigenvalue weighted by atomic mass is 10.1. The smallest absolute Gasteiger partial charge is 0.338 e. The van der Waals surface area contributed by atoms with E-state index in [-0.39, 0.29) is 5.97 Å². The van der Waals surface area contributed by atoms with Crippen LogP contribution in [0.25, 0.3) is 0 Å². The number of esters is 1. The fraction of sp³-hybridized carbons (Fsp3) is 0.588. The first kappa shape index (κ1) is 16.7. The van der Waals surface area contributed by atoms with E-state index in [9.17, 15) is 4.79 Å². The van der Waals surface area contributed by atoms with Gasteiger partial charge >= 0.3 is 5.97 Å². The largest absolute Gasteiger partial charge is 0.462 e. The summed E-state index contributed by atoms with van der Waals surface area (Å²) in [7, 11) is 4.22. The Morgan fingerprint density at radius 2 is 1.55 bits per heavy atom. The number of nitrogens with zero attached hydrogens (tertiary/aromatic N) is 1. The van der Waals surface area contributed by atoms with E-state index in [0.29, 0.717) is 12.2 Å². The van der Waals surface area contributed by atoms with Gasteiger partial charge in [0.25, 0.3) is 0 Å². The van der Waals surface area contributed by atoms with E-state index >= 15 is 0 Å². The molecular weight excluding hydrogens is 250 g/mol. The average Bonchev–Trinajstić information content (AvgIpc) is 2.46. The van der Waals surface area contributed by atoms with Gasteiger partial charge in [-0.25, -0.2) is 4.79 Å². The standard InChI is InChI=1S/C17H27NO2/c1-18(2)14-10-5-3-4-6-11-15-20-17(19)16-12-8-7-9-13-16/h7-9,12-13H,3-6,10-11,14-15H2,1-2H3. The van der Waals surface area contributed by atoms with Crippen LogP contribution in [0.3, 0.4) is 0 Å². The fourth-order valence-corrected chi connectivity index (χ4v) is 2.06. The van der Waals surface area contributed by atoms with Crippen molar-refractivity contribution in [3.05, 3.63) is 35.9 Å². The molecule has 0 unspecified atom stereocenters. The summed E-state index contributed by atoms with van der Waals surface area (Å²) in [5.41, 5.74) is 0.635. The number of hydrogen-bond donors (Lipinski definition) is 0. The van der Waals surface area contributed by atoms with Crippen molar-refractivity contribution in [1.29, 1.82) is 0 Å². The first-order chi connectivity index (χ1) is 9.70. The quantitative estimate of drug-likeness (QED) is 0.482. The summed E-state index contributed by atoms with van der Waals surface area (Å²) in [6.07, 6.45) is 7.19. The summed E-state index contributed by atoms with van der Waals surface area (Å²) in [6.45, 7) is 1.71. The highest BCUT2D eigenvalue weighted by molar-refractivity contribution is 5.89. The maximum Gasteiger partial charge on any atom is 0.338 e. The molecule has 3 nitrogen and oxygen atoms in total. The average molecular weight is 277 g/mol. The lowest BCUT2D eigenvalue weighted by molar-refractivity contribution is 0.0497. The number of ether oxygens (including phenoxy) is 1. The Bertz CT molecular complexity index is 363. The molecule has 0 aliphatic heterocycles. The zero-order valence-electron chi connectivity index (χ0n) is 12.8. The van der Waals surface area contributed by atoms with E-state index in [2.05, 4.69) is 19.0 Å². The van der Waals surface area contributed by atoms with Gasteiger partial charge in [0.2, 0.25) is 0 Å². The Kier molecular flexibility index (Phi) is 8.72. The second-order valence-corrected chi connectivity index (χ2v) is 5.43. The van der Waals surface area contributed by atoms with Gasteiger partial charge < -0.3 is 9.64 Å². The summed E-state index contributed by atoms with van der Waals surface area (Å²) >= 11 is 0. The number of benzene rings is 1.